The molecule has 0 saturated carbocycles. The summed E-state index contributed by atoms with van der Waals surface area (Å²) >= 11 is 0. The van der Waals surface area contributed by atoms with Crippen molar-refractivity contribution in [2.75, 3.05) is 19.8 Å². The molecule has 0 atom stereocenters. The summed E-state index contributed by atoms with van der Waals surface area (Å²) in [4.78, 5) is 0. The first-order chi connectivity index (χ1) is 5.18. The van der Waals surface area contributed by atoms with E-state index in [-0.39, 0.29) is 0 Å². The Balaban J connectivity index is 3.79. The molecule has 0 aromatic carbocycles. The van der Waals surface area contributed by atoms with Gasteiger partial charge in [-0.25, -0.2) is 0 Å². The van der Waals surface area contributed by atoms with Crippen LogP contribution in [0.15, 0.2) is 0 Å². The lowest BCUT2D eigenvalue weighted by molar-refractivity contribution is 0.0835. The van der Waals surface area contributed by atoms with Crippen molar-refractivity contribution < 1.29 is 13.3 Å². The molecular formula is C7H16O3Si. The second-order valence-electron chi connectivity index (χ2n) is 1.90. The van der Waals surface area contributed by atoms with Gasteiger partial charge < -0.3 is 13.3 Å². The predicted octanol–water partition coefficient (Wildman–Crippen LogP) is 1.29. The van der Waals surface area contributed by atoms with Gasteiger partial charge in [0.25, 0.3) is 0 Å². The second-order valence-corrected chi connectivity index (χ2v) is 3.98. The quantitative estimate of drug-likeness (QED) is 0.571. The van der Waals surface area contributed by atoms with Crippen LogP contribution in [0.2, 0.25) is 0 Å². The topological polar surface area (TPSA) is 27.7 Å². The number of rotatable bonds is 6. The zero-order valence-corrected chi connectivity index (χ0v) is 8.42. The molecule has 0 amide bonds. The lowest BCUT2D eigenvalue weighted by Crippen LogP contribution is -2.43. The third kappa shape index (κ3) is 4.52. The van der Waals surface area contributed by atoms with Crippen LogP contribution < -0.4 is 0 Å². The summed E-state index contributed by atoms with van der Waals surface area (Å²) in [6.07, 6.45) is 0. The SMILES string of the molecule is [CH][Si](OCC)(OCC)OCC. The fourth-order valence-corrected chi connectivity index (χ4v) is 2.19. The van der Waals surface area contributed by atoms with E-state index in [2.05, 4.69) is 0 Å². The first kappa shape index (κ1) is 11.1. The van der Waals surface area contributed by atoms with Crippen molar-refractivity contribution in [3.63, 3.8) is 0 Å². The van der Waals surface area contributed by atoms with Gasteiger partial charge in [0.15, 0.2) is 0 Å². The van der Waals surface area contributed by atoms with Gasteiger partial charge in [-0.15, -0.1) is 0 Å². The highest BCUT2D eigenvalue weighted by Crippen LogP contribution is 2.06. The molecule has 0 aliphatic carbocycles. The maximum atomic E-state index is 5.70. The van der Waals surface area contributed by atoms with Gasteiger partial charge in [0.2, 0.25) is 0 Å². The van der Waals surface area contributed by atoms with Crippen molar-refractivity contribution in [3.05, 3.63) is 6.55 Å². The average molecular weight is 176 g/mol. The third-order valence-electron chi connectivity index (χ3n) is 1.04. The monoisotopic (exact) mass is 176 g/mol. The van der Waals surface area contributed by atoms with Gasteiger partial charge in [-0.1, -0.05) is 0 Å². The first-order valence-corrected chi connectivity index (χ1v) is 5.69. The Morgan fingerprint density at radius 1 is 0.909 bits per heavy atom. The average Bonchev–Trinajstić information content (AvgIpc) is 1.88. The Morgan fingerprint density at radius 2 is 1.18 bits per heavy atom. The molecule has 0 aromatic rings. The van der Waals surface area contributed by atoms with Crippen LogP contribution in [0.1, 0.15) is 20.8 Å². The van der Waals surface area contributed by atoms with Crippen LogP contribution in [0, 0.1) is 6.55 Å². The highest BCUT2D eigenvalue weighted by molar-refractivity contribution is 6.62. The molecule has 0 aromatic heterocycles. The Bertz CT molecular complexity index is 80.7. The molecule has 0 saturated heterocycles. The van der Waals surface area contributed by atoms with Crippen molar-refractivity contribution in [2.24, 2.45) is 0 Å². The Hall–Kier alpha value is 0.0969. The maximum absolute atomic E-state index is 5.70. The van der Waals surface area contributed by atoms with E-state index in [0.717, 1.165) is 0 Å². The molecule has 0 aliphatic heterocycles. The van der Waals surface area contributed by atoms with Crippen molar-refractivity contribution in [1.82, 2.24) is 0 Å². The smallest absolute Gasteiger partial charge is 0.374 e. The molecule has 2 radical (unpaired) electrons. The summed E-state index contributed by atoms with van der Waals surface area (Å²) in [5.41, 5.74) is 0. The summed E-state index contributed by atoms with van der Waals surface area (Å²) in [6.45, 7) is 12.9. The van der Waals surface area contributed by atoms with E-state index in [0.29, 0.717) is 19.8 Å². The molecule has 0 heterocycles. The molecule has 11 heavy (non-hydrogen) atoms. The minimum atomic E-state index is -2.75. The van der Waals surface area contributed by atoms with Crippen molar-refractivity contribution in [1.29, 1.82) is 0 Å². The molecule has 0 unspecified atom stereocenters. The summed E-state index contributed by atoms with van der Waals surface area (Å²) < 4.78 is 15.5. The Kier molecular flexibility index (Phi) is 5.76. The van der Waals surface area contributed by atoms with Gasteiger partial charge in [0.1, 0.15) is 0 Å². The highest BCUT2D eigenvalue weighted by Gasteiger charge is 2.33. The molecule has 0 aliphatic rings. The summed E-state index contributed by atoms with van der Waals surface area (Å²) in [5, 5.41) is 0. The molecule has 3 nitrogen and oxygen atoms in total. The van der Waals surface area contributed by atoms with E-state index >= 15 is 0 Å². The van der Waals surface area contributed by atoms with Gasteiger partial charge in [0, 0.05) is 26.4 Å². The molecule has 0 fully saturated rings. The van der Waals surface area contributed by atoms with Gasteiger partial charge in [0.05, 0.1) is 0 Å². The molecule has 0 bridgehead atoms. The molecule has 66 valence electrons. The molecule has 0 rings (SSSR count). The molecule has 0 N–H and O–H groups in total. The Labute approximate surface area is 70.0 Å². The van der Waals surface area contributed by atoms with Crippen LogP contribution >= 0.6 is 0 Å². The number of hydrogen-bond donors (Lipinski definition) is 0. The lowest BCUT2D eigenvalue weighted by Gasteiger charge is -2.23. The van der Waals surface area contributed by atoms with E-state index in [9.17, 15) is 0 Å². The largest absolute Gasteiger partial charge is 0.504 e. The summed E-state index contributed by atoms with van der Waals surface area (Å²) in [6, 6.07) is 0. The lowest BCUT2D eigenvalue weighted by atomic mass is 10.9. The van der Waals surface area contributed by atoms with E-state index in [1.54, 1.807) is 0 Å². The van der Waals surface area contributed by atoms with Crippen LogP contribution in [-0.4, -0.2) is 28.6 Å². The van der Waals surface area contributed by atoms with Gasteiger partial charge in [-0.3, -0.25) is 0 Å². The van der Waals surface area contributed by atoms with Crippen LogP contribution in [0.3, 0.4) is 0 Å². The van der Waals surface area contributed by atoms with Crippen LogP contribution in [0.5, 0.6) is 0 Å². The highest BCUT2D eigenvalue weighted by atomic mass is 28.4. The zero-order valence-electron chi connectivity index (χ0n) is 7.42. The van der Waals surface area contributed by atoms with E-state index in [1.165, 1.54) is 0 Å². The molecular weight excluding hydrogens is 160 g/mol. The molecule has 0 spiro atoms. The Morgan fingerprint density at radius 3 is 1.36 bits per heavy atom. The van der Waals surface area contributed by atoms with Gasteiger partial charge >= 0.3 is 8.80 Å². The van der Waals surface area contributed by atoms with Gasteiger partial charge in [-0.05, 0) is 20.8 Å². The predicted molar refractivity (Wildman–Crippen MR) is 44.9 cm³/mol. The standard InChI is InChI=1S/C7H16O3Si/c1-5-8-11(4,9-6-2)10-7-3/h4H,5-7H2,1-3H3. The van der Waals surface area contributed by atoms with Crippen molar-refractivity contribution in [3.8, 4) is 0 Å². The number of hydrogen-bond acceptors (Lipinski definition) is 3. The summed E-state index contributed by atoms with van der Waals surface area (Å²) in [5.74, 6) is 0. The fraction of sp³-hybridized carbons (Fsp3) is 0.857. The normalized spacial score (nSPS) is 12.0. The van der Waals surface area contributed by atoms with E-state index in [4.69, 9.17) is 19.8 Å². The second kappa shape index (κ2) is 5.71. The summed E-state index contributed by atoms with van der Waals surface area (Å²) in [7, 11) is -2.75. The molecule has 4 heteroatoms. The third-order valence-corrected chi connectivity index (χ3v) is 3.11. The van der Waals surface area contributed by atoms with Crippen molar-refractivity contribution >= 4 is 8.80 Å². The maximum Gasteiger partial charge on any atom is 0.504 e. The van der Waals surface area contributed by atoms with E-state index < -0.39 is 8.80 Å². The van der Waals surface area contributed by atoms with Crippen LogP contribution in [0.25, 0.3) is 0 Å². The zero-order chi connectivity index (χ0) is 8.74. The first-order valence-electron chi connectivity index (χ1n) is 3.89. The van der Waals surface area contributed by atoms with E-state index in [1.807, 2.05) is 20.8 Å². The minimum Gasteiger partial charge on any atom is -0.374 e. The minimum absolute atomic E-state index is 0.530. The van der Waals surface area contributed by atoms with Crippen molar-refractivity contribution in [2.45, 2.75) is 20.8 Å². The fourth-order valence-electron chi connectivity index (χ4n) is 0.729. The van der Waals surface area contributed by atoms with Crippen LogP contribution in [0.4, 0.5) is 0 Å². The van der Waals surface area contributed by atoms with Gasteiger partial charge in [-0.2, -0.15) is 0 Å². The van der Waals surface area contributed by atoms with Crippen LogP contribution in [-0.2, 0) is 13.3 Å².